The zero-order valence-corrected chi connectivity index (χ0v) is 11.4. The molecule has 1 aliphatic carbocycles. The topological polar surface area (TPSA) is 58.4 Å². The summed E-state index contributed by atoms with van der Waals surface area (Å²) >= 11 is 6.22. The molecule has 0 amide bonds. The summed E-state index contributed by atoms with van der Waals surface area (Å²) in [7, 11) is 1.87. The van der Waals surface area contributed by atoms with Crippen molar-refractivity contribution in [2.75, 3.05) is 6.54 Å². The fourth-order valence-electron chi connectivity index (χ4n) is 2.11. The Labute approximate surface area is 111 Å². The average molecular weight is 272 g/mol. The van der Waals surface area contributed by atoms with Gasteiger partial charge in [0.2, 0.25) is 0 Å². The van der Waals surface area contributed by atoms with Gasteiger partial charge in [0.15, 0.2) is 0 Å². The van der Waals surface area contributed by atoms with Gasteiger partial charge in [0.25, 0.3) is 0 Å². The number of carboxylic acid groups (broad SMARTS) is 1. The SMILES string of the molecule is Cc1nn(C)c(CN(CCC(=O)O)C2CC2)c1Cl. The first-order chi connectivity index (χ1) is 8.49. The van der Waals surface area contributed by atoms with Crippen LogP contribution in [-0.2, 0) is 18.4 Å². The highest BCUT2D eigenvalue weighted by Gasteiger charge is 2.30. The molecule has 100 valence electrons. The van der Waals surface area contributed by atoms with Crippen molar-refractivity contribution in [1.82, 2.24) is 14.7 Å². The third kappa shape index (κ3) is 3.03. The van der Waals surface area contributed by atoms with E-state index in [0.29, 0.717) is 24.2 Å². The van der Waals surface area contributed by atoms with Crippen molar-refractivity contribution in [3.05, 3.63) is 16.4 Å². The van der Waals surface area contributed by atoms with E-state index in [1.807, 2.05) is 14.0 Å². The molecule has 0 atom stereocenters. The Morgan fingerprint density at radius 2 is 2.28 bits per heavy atom. The van der Waals surface area contributed by atoms with Crippen LogP contribution >= 0.6 is 11.6 Å². The molecule has 6 heteroatoms. The van der Waals surface area contributed by atoms with Crippen LogP contribution < -0.4 is 0 Å². The van der Waals surface area contributed by atoms with Crippen molar-refractivity contribution in [2.24, 2.45) is 7.05 Å². The molecule has 1 aromatic rings. The van der Waals surface area contributed by atoms with Crippen LogP contribution in [0.15, 0.2) is 0 Å². The number of rotatable bonds is 6. The molecule has 5 nitrogen and oxygen atoms in total. The zero-order chi connectivity index (χ0) is 13.3. The Balaban J connectivity index is 2.06. The van der Waals surface area contributed by atoms with Gasteiger partial charge < -0.3 is 5.11 Å². The van der Waals surface area contributed by atoms with Gasteiger partial charge in [-0.1, -0.05) is 11.6 Å². The summed E-state index contributed by atoms with van der Waals surface area (Å²) in [6.07, 6.45) is 2.47. The Morgan fingerprint density at radius 1 is 1.61 bits per heavy atom. The van der Waals surface area contributed by atoms with E-state index in [2.05, 4.69) is 10.00 Å². The molecule has 0 aromatic carbocycles. The minimum atomic E-state index is -0.757. The highest BCUT2D eigenvalue weighted by Crippen LogP contribution is 2.30. The third-order valence-corrected chi connectivity index (χ3v) is 3.78. The predicted molar refractivity (Wildman–Crippen MR) is 68.6 cm³/mol. The number of nitrogens with zero attached hydrogens (tertiary/aromatic N) is 3. The van der Waals surface area contributed by atoms with Crippen LogP contribution in [0.25, 0.3) is 0 Å². The predicted octanol–water partition coefficient (Wildman–Crippen LogP) is 1.82. The summed E-state index contributed by atoms with van der Waals surface area (Å²) in [4.78, 5) is 12.9. The van der Waals surface area contributed by atoms with E-state index in [1.165, 1.54) is 0 Å². The van der Waals surface area contributed by atoms with Crippen molar-refractivity contribution in [1.29, 1.82) is 0 Å². The molecular weight excluding hydrogens is 254 g/mol. The molecule has 0 radical (unpaired) electrons. The number of hydrogen-bond acceptors (Lipinski definition) is 3. The average Bonchev–Trinajstić information content (AvgIpc) is 3.08. The van der Waals surface area contributed by atoms with Crippen molar-refractivity contribution in [2.45, 2.75) is 38.8 Å². The first kappa shape index (κ1) is 13.4. The lowest BCUT2D eigenvalue weighted by atomic mass is 10.3. The molecule has 1 heterocycles. The minimum absolute atomic E-state index is 0.172. The van der Waals surface area contributed by atoms with E-state index in [9.17, 15) is 4.79 Å². The van der Waals surface area contributed by atoms with E-state index in [4.69, 9.17) is 16.7 Å². The van der Waals surface area contributed by atoms with Gasteiger partial charge in [0.05, 0.1) is 22.8 Å². The largest absolute Gasteiger partial charge is 0.481 e. The summed E-state index contributed by atoms with van der Waals surface area (Å²) in [6, 6.07) is 0.510. The Morgan fingerprint density at radius 3 is 2.72 bits per heavy atom. The van der Waals surface area contributed by atoms with Crippen LogP contribution in [-0.4, -0.2) is 38.3 Å². The van der Waals surface area contributed by atoms with Gasteiger partial charge >= 0.3 is 5.97 Å². The van der Waals surface area contributed by atoms with Gasteiger partial charge in [0, 0.05) is 26.2 Å². The van der Waals surface area contributed by atoms with Crippen molar-refractivity contribution >= 4 is 17.6 Å². The first-order valence-corrected chi connectivity index (χ1v) is 6.50. The highest BCUT2D eigenvalue weighted by molar-refractivity contribution is 6.31. The number of carbonyl (C=O) groups is 1. The van der Waals surface area contributed by atoms with E-state index >= 15 is 0 Å². The highest BCUT2D eigenvalue weighted by atomic mass is 35.5. The maximum atomic E-state index is 10.7. The van der Waals surface area contributed by atoms with Crippen molar-refractivity contribution < 1.29 is 9.90 Å². The number of halogens is 1. The number of aromatic nitrogens is 2. The standard InChI is InChI=1S/C12H18ClN3O2/c1-8-12(13)10(15(2)14-8)7-16(9-3-4-9)6-5-11(17)18/h9H,3-7H2,1-2H3,(H,17,18). The maximum Gasteiger partial charge on any atom is 0.304 e. The summed E-state index contributed by atoms with van der Waals surface area (Å²) in [5.74, 6) is -0.757. The molecular formula is C12H18ClN3O2. The number of hydrogen-bond donors (Lipinski definition) is 1. The lowest BCUT2D eigenvalue weighted by Gasteiger charge is -2.21. The quantitative estimate of drug-likeness (QED) is 0.857. The number of aliphatic carboxylic acids is 1. The molecule has 18 heavy (non-hydrogen) atoms. The van der Waals surface area contributed by atoms with E-state index in [0.717, 1.165) is 24.2 Å². The van der Waals surface area contributed by atoms with Gasteiger partial charge in [-0.2, -0.15) is 5.10 Å². The van der Waals surface area contributed by atoms with Crippen LogP contribution in [0.4, 0.5) is 0 Å². The van der Waals surface area contributed by atoms with Crippen LogP contribution in [0.2, 0.25) is 5.02 Å². The zero-order valence-electron chi connectivity index (χ0n) is 10.7. The molecule has 0 bridgehead atoms. The van der Waals surface area contributed by atoms with Crippen molar-refractivity contribution in [3.8, 4) is 0 Å². The fourth-order valence-corrected chi connectivity index (χ4v) is 2.33. The second-order valence-electron chi connectivity index (χ2n) is 4.82. The lowest BCUT2D eigenvalue weighted by Crippen LogP contribution is -2.29. The number of carboxylic acids is 1. The molecule has 1 saturated carbocycles. The molecule has 0 saturated heterocycles. The Hall–Kier alpha value is -1.07. The van der Waals surface area contributed by atoms with Gasteiger partial charge in [-0.3, -0.25) is 14.4 Å². The molecule has 2 rings (SSSR count). The van der Waals surface area contributed by atoms with E-state index < -0.39 is 5.97 Å². The van der Waals surface area contributed by atoms with Gasteiger partial charge in [-0.15, -0.1) is 0 Å². The fraction of sp³-hybridized carbons (Fsp3) is 0.667. The normalized spacial score (nSPS) is 15.3. The van der Waals surface area contributed by atoms with Crippen LogP contribution in [0.1, 0.15) is 30.7 Å². The summed E-state index contributed by atoms with van der Waals surface area (Å²) < 4.78 is 1.79. The smallest absolute Gasteiger partial charge is 0.304 e. The molecule has 0 spiro atoms. The molecule has 1 N–H and O–H groups in total. The minimum Gasteiger partial charge on any atom is -0.481 e. The van der Waals surface area contributed by atoms with Crippen molar-refractivity contribution in [3.63, 3.8) is 0 Å². The second kappa shape index (κ2) is 5.28. The van der Waals surface area contributed by atoms with Crippen LogP contribution in [0.3, 0.4) is 0 Å². The molecule has 1 fully saturated rings. The summed E-state index contributed by atoms with van der Waals surface area (Å²) in [5.41, 5.74) is 1.79. The van der Waals surface area contributed by atoms with Crippen LogP contribution in [0.5, 0.6) is 0 Å². The number of aryl methyl sites for hydroxylation is 2. The van der Waals surface area contributed by atoms with Gasteiger partial charge in [-0.05, 0) is 19.8 Å². The Kier molecular flexibility index (Phi) is 3.92. The molecule has 0 aliphatic heterocycles. The van der Waals surface area contributed by atoms with E-state index in [1.54, 1.807) is 4.68 Å². The summed E-state index contributed by atoms with van der Waals surface area (Å²) in [6.45, 7) is 3.12. The monoisotopic (exact) mass is 271 g/mol. The maximum absolute atomic E-state index is 10.7. The summed E-state index contributed by atoms with van der Waals surface area (Å²) in [5, 5.41) is 13.7. The second-order valence-corrected chi connectivity index (χ2v) is 5.19. The first-order valence-electron chi connectivity index (χ1n) is 6.13. The van der Waals surface area contributed by atoms with Gasteiger partial charge in [0.1, 0.15) is 0 Å². The van der Waals surface area contributed by atoms with Gasteiger partial charge in [-0.25, -0.2) is 0 Å². The Bertz CT molecular complexity index is 454. The third-order valence-electron chi connectivity index (χ3n) is 3.29. The lowest BCUT2D eigenvalue weighted by molar-refractivity contribution is -0.137. The molecule has 0 unspecified atom stereocenters. The molecule has 1 aliphatic rings. The molecule has 1 aromatic heterocycles. The van der Waals surface area contributed by atoms with E-state index in [-0.39, 0.29) is 6.42 Å². The van der Waals surface area contributed by atoms with Crippen LogP contribution in [0, 0.1) is 6.92 Å².